The molecule has 0 unspecified atom stereocenters. The number of nitrogens with zero attached hydrogens (tertiary/aromatic N) is 1. The Balaban J connectivity index is 3.39. The number of esters is 1. The standard InChI is InChI=1S/C24H42N2O3/c1-9-14-26(15-10-2)20-16-18(23(27)28-13-5)17-21(29-19(11-3)12-4)22(20)25-24(6,7)8/h9-10,17,19-22,25H,1-2,11-16H2,3-8H3/t20-,21+,22+/m0/s1. The maximum Gasteiger partial charge on any atom is 0.333 e. The Morgan fingerprint density at radius 3 is 2.28 bits per heavy atom. The van der Waals surface area contributed by atoms with E-state index < -0.39 is 0 Å². The van der Waals surface area contributed by atoms with Gasteiger partial charge in [0, 0.05) is 30.2 Å². The topological polar surface area (TPSA) is 50.8 Å². The highest BCUT2D eigenvalue weighted by Gasteiger charge is 2.41. The Labute approximate surface area is 178 Å². The number of nitrogens with one attached hydrogen (secondary N) is 1. The molecule has 0 aromatic rings. The van der Waals surface area contributed by atoms with E-state index in [4.69, 9.17) is 9.47 Å². The smallest absolute Gasteiger partial charge is 0.333 e. The van der Waals surface area contributed by atoms with Crippen molar-refractivity contribution in [2.24, 2.45) is 0 Å². The van der Waals surface area contributed by atoms with E-state index in [9.17, 15) is 4.79 Å². The van der Waals surface area contributed by atoms with Gasteiger partial charge in [-0.25, -0.2) is 4.79 Å². The van der Waals surface area contributed by atoms with Crippen LogP contribution >= 0.6 is 0 Å². The van der Waals surface area contributed by atoms with E-state index in [1.165, 1.54) is 0 Å². The molecular weight excluding hydrogens is 364 g/mol. The van der Waals surface area contributed by atoms with Crippen LogP contribution in [0.15, 0.2) is 37.0 Å². The van der Waals surface area contributed by atoms with Gasteiger partial charge in [0.25, 0.3) is 0 Å². The Hall–Kier alpha value is -1.43. The van der Waals surface area contributed by atoms with Crippen LogP contribution in [0.5, 0.6) is 0 Å². The van der Waals surface area contributed by atoms with Gasteiger partial charge in [0.05, 0.1) is 24.9 Å². The molecule has 0 heterocycles. The quantitative estimate of drug-likeness (QED) is 0.388. The number of hydrogen-bond acceptors (Lipinski definition) is 5. The molecule has 0 fully saturated rings. The molecule has 0 saturated heterocycles. The molecule has 1 rings (SSSR count). The summed E-state index contributed by atoms with van der Waals surface area (Å²) in [6, 6.07) is 0.0997. The lowest BCUT2D eigenvalue weighted by Crippen LogP contribution is -2.62. The number of ether oxygens (including phenoxy) is 2. The van der Waals surface area contributed by atoms with E-state index in [1.54, 1.807) is 0 Å². The summed E-state index contributed by atoms with van der Waals surface area (Å²) in [6.07, 6.45) is 8.20. The minimum absolute atomic E-state index is 0.0358. The van der Waals surface area contributed by atoms with Gasteiger partial charge in [-0.05, 0) is 53.0 Å². The van der Waals surface area contributed by atoms with Crippen LogP contribution in [0.3, 0.4) is 0 Å². The number of hydrogen-bond donors (Lipinski definition) is 1. The van der Waals surface area contributed by atoms with Crippen LogP contribution in [-0.4, -0.2) is 60.4 Å². The van der Waals surface area contributed by atoms with Crippen molar-refractivity contribution >= 4 is 5.97 Å². The zero-order valence-corrected chi connectivity index (χ0v) is 19.4. The van der Waals surface area contributed by atoms with Crippen molar-refractivity contribution in [3.05, 3.63) is 37.0 Å². The van der Waals surface area contributed by atoms with Gasteiger partial charge in [-0.2, -0.15) is 0 Å². The lowest BCUT2D eigenvalue weighted by atomic mass is 9.85. The lowest BCUT2D eigenvalue weighted by Gasteiger charge is -2.45. The molecular formula is C24H42N2O3. The first kappa shape index (κ1) is 25.6. The van der Waals surface area contributed by atoms with E-state index in [-0.39, 0.29) is 35.8 Å². The van der Waals surface area contributed by atoms with Crippen molar-refractivity contribution < 1.29 is 14.3 Å². The van der Waals surface area contributed by atoms with Gasteiger partial charge in [0.2, 0.25) is 0 Å². The van der Waals surface area contributed by atoms with Crippen molar-refractivity contribution in [2.45, 2.75) is 90.6 Å². The second-order valence-corrected chi connectivity index (χ2v) is 8.67. The summed E-state index contributed by atoms with van der Waals surface area (Å²) in [7, 11) is 0. The van der Waals surface area contributed by atoms with Crippen molar-refractivity contribution in [3.63, 3.8) is 0 Å². The molecule has 29 heavy (non-hydrogen) atoms. The van der Waals surface area contributed by atoms with Crippen LogP contribution in [0.4, 0.5) is 0 Å². The zero-order chi connectivity index (χ0) is 22.0. The molecule has 0 aromatic heterocycles. The lowest BCUT2D eigenvalue weighted by molar-refractivity contribution is -0.139. The largest absolute Gasteiger partial charge is 0.463 e. The second-order valence-electron chi connectivity index (χ2n) is 8.67. The highest BCUT2D eigenvalue weighted by Crippen LogP contribution is 2.29. The first-order chi connectivity index (χ1) is 13.7. The molecule has 166 valence electrons. The van der Waals surface area contributed by atoms with Gasteiger partial charge in [-0.15, -0.1) is 13.2 Å². The highest BCUT2D eigenvalue weighted by atomic mass is 16.5. The minimum Gasteiger partial charge on any atom is -0.463 e. The van der Waals surface area contributed by atoms with E-state index in [0.29, 0.717) is 31.7 Å². The van der Waals surface area contributed by atoms with Crippen LogP contribution < -0.4 is 5.32 Å². The molecule has 5 heteroatoms. The number of carbonyl (C=O) groups excluding carboxylic acids is 1. The number of rotatable bonds is 12. The SMILES string of the molecule is C=CCN(CC=C)[C@H]1CC(C(=O)OCC)=C[C@@H](OC(CC)CC)[C@@H]1NC(C)(C)C. The van der Waals surface area contributed by atoms with Crippen LogP contribution in [0.1, 0.15) is 60.8 Å². The fourth-order valence-corrected chi connectivity index (χ4v) is 3.86. The van der Waals surface area contributed by atoms with Crippen LogP contribution in [0.2, 0.25) is 0 Å². The Bertz CT molecular complexity index is 551. The highest BCUT2D eigenvalue weighted by molar-refractivity contribution is 5.89. The molecule has 0 radical (unpaired) electrons. The Kier molecular flexibility index (Phi) is 10.9. The maximum absolute atomic E-state index is 12.6. The molecule has 0 spiro atoms. The summed E-state index contributed by atoms with van der Waals surface area (Å²) in [5.74, 6) is -0.248. The Morgan fingerprint density at radius 1 is 1.24 bits per heavy atom. The third-order valence-corrected chi connectivity index (χ3v) is 5.16. The average molecular weight is 407 g/mol. The van der Waals surface area contributed by atoms with Gasteiger partial charge in [-0.1, -0.05) is 26.0 Å². The summed E-state index contributed by atoms with van der Waals surface area (Å²) < 4.78 is 11.8. The first-order valence-electron chi connectivity index (χ1n) is 11.0. The van der Waals surface area contributed by atoms with Crippen molar-refractivity contribution in [2.75, 3.05) is 19.7 Å². The fraction of sp³-hybridized carbons (Fsp3) is 0.708. The molecule has 0 aromatic carbocycles. The van der Waals surface area contributed by atoms with Gasteiger partial charge >= 0.3 is 5.97 Å². The molecule has 1 N–H and O–H groups in total. The molecule has 0 saturated carbocycles. The maximum atomic E-state index is 12.6. The monoisotopic (exact) mass is 406 g/mol. The predicted molar refractivity (Wildman–Crippen MR) is 121 cm³/mol. The summed E-state index contributed by atoms with van der Waals surface area (Å²) in [5.41, 5.74) is 0.597. The molecule has 0 aliphatic heterocycles. The minimum atomic E-state index is -0.248. The third-order valence-electron chi connectivity index (χ3n) is 5.16. The van der Waals surface area contributed by atoms with Crippen molar-refractivity contribution in [1.82, 2.24) is 10.2 Å². The third kappa shape index (κ3) is 8.07. The summed E-state index contributed by atoms with van der Waals surface area (Å²) >= 11 is 0. The van der Waals surface area contributed by atoms with Crippen molar-refractivity contribution in [1.29, 1.82) is 0 Å². The zero-order valence-electron chi connectivity index (χ0n) is 19.4. The molecule has 5 nitrogen and oxygen atoms in total. The van der Waals surface area contributed by atoms with Crippen LogP contribution in [0.25, 0.3) is 0 Å². The molecule has 0 amide bonds. The van der Waals surface area contributed by atoms with Crippen LogP contribution in [-0.2, 0) is 14.3 Å². The second kappa shape index (κ2) is 12.3. The fourth-order valence-electron chi connectivity index (χ4n) is 3.86. The van der Waals surface area contributed by atoms with E-state index in [0.717, 1.165) is 12.8 Å². The molecule has 1 aliphatic carbocycles. The van der Waals surface area contributed by atoms with E-state index in [1.807, 2.05) is 25.2 Å². The predicted octanol–water partition coefficient (Wildman–Crippen LogP) is 4.25. The Morgan fingerprint density at radius 2 is 1.83 bits per heavy atom. The summed E-state index contributed by atoms with van der Waals surface area (Å²) in [6.45, 7) is 22.2. The molecule has 0 bridgehead atoms. The van der Waals surface area contributed by atoms with Crippen LogP contribution in [0, 0.1) is 0 Å². The normalized spacial score (nSPS) is 22.5. The summed E-state index contributed by atoms with van der Waals surface area (Å²) in [4.78, 5) is 14.9. The van der Waals surface area contributed by atoms with E-state index >= 15 is 0 Å². The molecule has 3 atom stereocenters. The van der Waals surface area contributed by atoms with Gasteiger partial charge in [-0.3, -0.25) is 4.90 Å². The number of carbonyl (C=O) groups is 1. The van der Waals surface area contributed by atoms with E-state index in [2.05, 4.69) is 58.0 Å². The van der Waals surface area contributed by atoms with Crippen molar-refractivity contribution in [3.8, 4) is 0 Å². The van der Waals surface area contributed by atoms with Gasteiger partial charge < -0.3 is 14.8 Å². The molecule has 1 aliphatic rings. The summed E-state index contributed by atoms with van der Waals surface area (Å²) in [5, 5.41) is 3.77. The first-order valence-corrected chi connectivity index (χ1v) is 11.0. The van der Waals surface area contributed by atoms with Gasteiger partial charge in [0.15, 0.2) is 0 Å². The average Bonchev–Trinajstić information content (AvgIpc) is 2.65. The van der Waals surface area contributed by atoms with Gasteiger partial charge in [0.1, 0.15) is 0 Å².